The van der Waals surface area contributed by atoms with Crippen LogP contribution in [0.5, 0.6) is 0 Å². The van der Waals surface area contributed by atoms with Gasteiger partial charge in [0.1, 0.15) is 0 Å². The predicted octanol–water partition coefficient (Wildman–Crippen LogP) is 2.56. The monoisotopic (exact) mass is 164 g/mol. The Balaban J connectivity index is 2.66. The highest BCUT2D eigenvalue weighted by atomic mass is 28.3. The largest absolute Gasteiger partial charge is 0.0719 e. The molecule has 0 saturated heterocycles. The quantitative estimate of drug-likeness (QED) is 0.589. The van der Waals surface area contributed by atoms with Crippen molar-refractivity contribution in [3.05, 3.63) is 35.4 Å². The van der Waals surface area contributed by atoms with E-state index in [1.807, 2.05) is 0 Å². The highest BCUT2D eigenvalue weighted by Gasteiger charge is 1.96. The van der Waals surface area contributed by atoms with Gasteiger partial charge in [-0.15, -0.1) is 0 Å². The summed E-state index contributed by atoms with van der Waals surface area (Å²) in [7, 11) is -0.413. The first-order valence-electron chi connectivity index (χ1n) is 4.24. The lowest BCUT2D eigenvalue weighted by Gasteiger charge is -2.02. The summed E-state index contributed by atoms with van der Waals surface area (Å²) in [6.45, 7) is 6.91. The number of hydrogen-bond acceptors (Lipinski definition) is 0. The van der Waals surface area contributed by atoms with Gasteiger partial charge in [0.2, 0.25) is 0 Å². The highest BCUT2D eigenvalue weighted by Crippen LogP contribution is 2.05. The Morgan fingerprint density at radius 3 is 2.09 bits per heavy atom. The summed E-state index contributed by atoms with van der Waals surface area (Å²) in [5.41, 5.74) is 2.87. The van der Waals surface area contributed by atoms with Gasteiger partial charge < -0.3 is 0 Å². The Labute approximate surface area is 70.9 Å². The zero-order valence-electron chi connectivity index (χ0n) is 7.59. The molecule has 1 rings (SSSR count). The normalized spacial score (nSPS) is 10.5. The Bertz CT molecular complexity index is 211. The molecule has 1 aromatic carbocycles. The van der Waals surface area contributed by atoms with Crippen LogP contribution in [0.3, 0.4) is 0 Å². The van der Waals surface area contributed by atoms with Gasteiger partial charge in [0.05, 0.1) is 0 Å². The smallest absolute Gasteiger partial charge is 0.0352 e. The van der Waals surface area contributed by atoms with Gasteiger partial charge in [-0.1, -0.05) is 48.5 Å². The predicted molar refractivity (Wildman–Crippen MR) is 53.8 cm³/mol. The molecule has 60 valence electrons. The van der Waals surface area contributed by atoms with E-state index in [4.69, 9.17) is 0 Å². The minimum Gasteiger partial charge on any atom is -0.0719 e. The minimum atomic E-state index is -0.413. The molecule has 0 heterocycles. The maximum Gasteiger partial charge on any atom is 0.0352 e. The molecule has 0 saturated carbocycles. The molecule has 0 spiro atoms. The molecule has 0 amide bonds. The fourth-order valence-electron chi connectivity index (χ4n) is 1.20. The summed E-state index contributed by atoms with van der Waals surface area (Å²) in [6.07, 6.45) is 0. The van der Waals surface area contributed by atoms with Crippen LogP contribution in [0.15, 0.2) is 24.3 Å². The molecule has 0 fully saturated rings. The van der Waals surface area contributed by atoms with Crippen molar-refractivity contribution in [2.75, 3.05) is 0 Å². The van der Waals surface area contributed by atoms with Crippen molar-refractivity contribution in [1.82, 2.24) is 0 Å². The molecule has 0 radical (unpaired) electrons. The van der Waals surface area contributed by atoms with Gasteiger partial charge in [-0.05, 0) is 13.0 Å². The topological polar surface area (TPSA) is 0 Å². The van der Waals surface area contributed by atoms with Crippen LogP contribution < -0.4 is 0 Å². The summed E-state index contributed by atoms with van der Waals surface area (Å²) in [5, 5.41) is 0. The maximum atomic E-state index is 2.39. The standard InChI is InChI=1S/C10H16Si/c1-9-4-6-10(7-5-9)8-11(2)3/h4-7,11H,8H2,1-3H3. The van der Waals surface area contributed by atoms with Gasteiger partial charge in [-0.2, -0.15) is 0 Å². The van der Waals surface area contributed by atoms with Gasteiger partial charge in [-0.3, -0.25) is 0 Å². The third-order valence-electron chi connectivity index (χ3n) is 1.76. The lowest BCUT2D eigenvalue weighted by molar-refractivity contribution is 1.32. The summed E-state index contributed by atoms with van der Waals surface area (Å²) in [5.74, 6) is 0. The van der Waals surface area contributed by atoms with Crippen LogP contribution in [0.1, 0.15) is 11.1 Å². The van der Waals surface area contributed by atoms with Gasteiger partial charge in [0.25, 0.3) is 0 Å². The van der Waals surface area contributed by atoms with Crippen molar-refractivity contribution in [1.29, 1.82) is 0 Å². The first-order valence-corrected chi connectivity index (χ1v) is 7.36. The van der Waals surface area contributed by atoms with Crippen LogP contribution >= 0.6 is 0 Å². The summed E-state index contributed by atoms with van der Waals surface area (Å²) in [4.78, 5) is 0. The van der Waals surface area contributed by atoms with Gasteiger partial charge in [0.15, 0.2) is 0 Å². The molecule has 0 bridgehead atoms. The first-order chi connectivity index (χ1) is 5.18. The van der Waals surface area contributed by atoms with Crippen molar-refractivity contribution in [3.63, 3.8) is 0 Å². The number of hydrogen-bond donors (Lipinski definition) is 0. The van der Waals surface area contributed by atoms with E-state index in [0.717, 1.165) is 0 Å². The molecular formula is C10H16Si. The zero-order valence-corrected chi connectivity index (χ0v) is 8.75. The number of aryl methyl sites for hydroxylation is 1. The van der Waals surface area contributed by atoms with E-state index in [1.165, 1.54) is 17.2 Å². The third-order valence-corrected chi connectivity index (χ3v) is 3.05. The first kappa shape index (κ1) is 8.53. The van der Waals surface area contributed by atoms with Gasteiger partial charge >= 0.3 is 0 Å². The second kappa shape index (κ2) is 3.72. The second-order valence-corrected chi connectivity index (χ2v) is 6.78. The van der Waals surface area contributed by atoms with Gasteiger partial charge in [0, 0.05) is 8.80 Å². The minimum absolute atomic E-state index is 0.413. The van der Waals surface area contributed by atoms with Crippen LogP contribution in [-0.4, -0.2) is 8.80 Å². The van der Waals surface area contributed by atoms with Crippen LogP contribution in [0.4, 0.5) is 0 Å². The van der Waals surface area contributed by atoms with E-state index < -0.39 is 8.80 Å². The fourth-order valence-corrected chi connectivity index (χ4v) is 2.41. The summed E-state index contributed by atoms with van der Waals surface area (Å²) < 4.78 is 0. The molecule has 11 heavy (non-hydrogen) atoms. The number of benzene rings is 1. The van der Waals surface area contributed by atoms with Crippen molar-refractivity contribution in [2.24, 2.45) is 0 Å². The second-order valence-electron chi connectivity index (χ2n) is 3.58. The summed E-state index contributed by atoms with van der Waals surface area (Å²) in [6, 6.07) is 10.2. The lowest BCUT2D eigenvalue weighted by atomic mass is 10.2. The van der Waals surface area contributed by atoms with Crippen molar-refractivity contribution >= 4 is 8.80 Å². The molecule has 0 N–H and O–H groups in total. The Morgan fingerprint density at radius 1 is 1.09 bits per heavy atom. The molecule has 0 aliphatic carbocycles. The van der Waals surface area contributed by atoms with E-state index in [2.05, 4.69) is 44.3 Å². The Kier molecular flexibility index (Phi) is 2.89. The molecule has 1 heteroatoms. The van der Waals surface area contributed by atoms with E-state index in [1.54, 1.807) is 0 Å². The van der Waals surface area contributed by atoms with Gasteiger partial charge in [-0.25, -0.2) is 0 Å². The maximum absolute atomic E-state index is 2.39. The highest BCUT2D eigenvalue weighted by molar-refractivity contribution is 6.55. The molecule has 0 aliphatic rings. The van der Waals surface area contributed by atoms with E-state index >= 15 is 0 Å². The SMILES string of the molecule is Cc1ccc(C[SiH](C)C)cc1. The van der Waals surface area contributed by atoms with Crippen molar-refractivity contribution < 1.29 is 0 Å². The Hall–Kier alpha value is -0.563. The van der Waals surface area contributed by atoms with Crippen LogP contribution in [0, 0.1) is 6.92 Å². The zero-order chi connectivity index (χ0) is 8.27. The molecule has 0 nitrogen and oxygen atoms in total. The fraction of sp³-hybridized carbons (Fsp3) is 0.400. The van der Waals surface area contributed by atoms with Crippen molar-refractivity contribution in [3.8, 4) is 0 Å². The Morgan fingerprint density at radius 2 is 1.64 bits per heavy atom. The molecule has 0 aromatic heterocycles. The van der Waals surface area contributed by atoms with Crippen LogP contribution in [-0.2, 0) is 6.04 Å². The molecule has 1 aromatic rings. The van der Waals surface area contributed by atoms with E-state index in [0.29, 0.717) is 0 Å². The lowest BCUT2D eigenvalue weighted by Crippen LogP contribution is -2.04. The number of rotatable bonds is 2. The third kappa shape index (κ3) is 2.89. The summed E-state index contributed by atoms with van der Waals surface area (Å²) >= 11 is 0. The molecule has 0 aliphatic heterocycles. The molecule has 0 atom stereocenters. The van der Waals surface area contributed by atoms with Crippen molar-refractivity contribution in [2.45, 2.75) is 26.1 Å². The average Bonchev–Trinajstić information content (AvgIpc) is 1.93. The molecular weight excluding hydrogens is 148 g/mol. The average molecular weight is 164 g/mol. The van der Waals surface area contributed by atoms with E-state index in [-0.39, 0.29) is 0 Å². The molecule has 0 unspecified atom stereocenters. The van der Waals surface area contributed by atoms with Crippen LogP contribution in [0.25, 0.3) is 0 Å². The van der Waals surface area contributed by atoms with Crippen LogP contribution in [0.2, 0.25) is 13.1 Å². The van der Waals surface area contributed by atoms with E-state index in [9.17, 15) is 0 Å².